The molecule has 0 spiro atoms. The van der Waals surface area contributed by atoms with Crippen molar-refractivity contribution in [3.63, 3.8) is 0 Å². The molecule has 2 fully saturated rings. The van der Waals surface area contributed by atoms with E-state index in [0.717, 1.165) is 0 Å². The van der Waals surface area contributed by atoms with Crippen LogP contribution in [-0.4, -0.2) is 73.7 Å². The summed E-state index contributed by atoms with van der Waals surface area (Å²) < 4.78 is 35.5. The molecule has 2 heterocycles. The molecule has 0 aromatic heterocycles. The third-order valence-electron chi connectivity index (χ3n) is 5.99. The Kier molecular flexibility index (Phi) is 8.39. The van der Waals surface area contributed by atoms with Crippen LogP contribution in [0.1, 0.15) is 36.1 Å². The van der Waals surface area contributed by atoms with E-state index in [-0.39, 0.29) is 12.4 Å². The predicted molar refractivity (Wildman–Crippen MR) is 127 cm³/mol. The van der Waals surface area contributed by atoms with Crippen molar-refractivity contribution in [1.29, 1.82) is 0 Å². The number of methoxy groups -OCH3 is 1. The summed E-state index contributed by atoms with van der Waals surface area (Å²) in [5.41, 5.74) is 1.07. The first-order valence-corrected chi connectivity index (χ1v) is 11.7. The molecule has 2 aromatic rings. The van der Waals surface area contributed by atoms with E-state index >= 15 is 0 Å². The number of para-hydroxylation sites is 1. The zero-order chi connectivity index (χ0) is 26.5. The molecule has 2 N–H and O–H groups in total. The molecule has 198 valence electrons. The number of carboxylic acid groups (broad SMARTS) is 1. The SMILES string of the molecule is COc1ccccc1C1OCC2OC(Oc3cccc(C(C)=O)c3)C(NC(C)=O)C(OCC(=O)O)C2O1. The number of nitrogens with one attached hydrogen (secondary N) is 1. The van der Waals surface area contributed by atoms with Crippen LogP contribution in [-0.2, 0) is 28.5 Å². The van der Waals surface area contributed by atoms with Crippen LogP contribution in [0.15, 0.2) is 48.5 Å². The van der Waals surface area contributed by atoms with Gasteiger partial charge in [-0.3, -0.25) is 9.59 Å². The maximum atomic E-state index is 12.1. The van der Waals surface area contributed by atoms with Gasteiger partial charge in [0.1, 0.15) is 42.5 Å². The molecule has 1 amide bonds. The first kappa shape index (κ1) is 26.6. The lowest BCUT2D eigenvalue weighted by Crippen LogP contribution is -2.68. The standard InChI is InChI=1S/C26H29NO10/c1-14(28)16-7-6-8-17(11-16)35-26-22(27-15(2)29)24(33-13-21(30)31)23-20(36-26)12-34-25(37-23)18-9-4-5-10-19(18)32-3/h4-11,20,22-26H,12-13H2,1-3H3,(H,27,29)(H,30,31). The van der Waals surface area contributed by atoms with Crippen LogP contribution in [0.2, 0.25) is 0 Å². The molecule has 6 unspecified atom stereocenters. The fraction of sp³-hybridized carbons (Fsp3) is 0.423. The minimum absolute atomic E-state index is 0.0699. The zero-order valence-corrected chi connectivity index (χ0v) is 20.6. The number of carbonyl (C=O) groups is 3. The molecule has 2 aliphatic rings. The first-order chi connectivity index (χ1) is 17.8. The van der Waals surface area contributed by atoms with Gasteiger partial charge in [0.15, 0.2) is 12.1 Å². The molecule has 0 radical (unpaired) electrons. The van der Waals surface area contributed by atoms with E-state index in [9.17, 15) is 19.5 Å². The monoisotopic (exact) mass is 515 g/mol. The number of hydrogen-bond donors (Lipinski definition) is 2. The third-order valence-corrected chi connectivity index (χ3v) is 5.99. The largest absolute Gasteiger partial charge is 0.496 e. The lowest BCUT2D eigenvalue weighted by molar-refractivity contribution is -0.338. The van der Waals surface area contributed by atoms with Crippen molar-refractivity contribution in [1.82, 2.24) is 5.32 Å². The maximum Gasteiger partial charge on any atom is 0.329 e. The van der Waals surface area contributed by atoms with E-state index in [0.29, 0.717) is 22.6 Å². The lowest BCUT2D eigenvalue weighted by Gasteiger charge is -2.49. The molecule has 0 saturated carbocycles. The fourth-order valence-electron chi connectivity index (χ4n) is 4.37. The summed E-state index contributed by atoms with van der Waals surface area (Å²) in [7, 11) is 1.53. The summed E-state index contributed by atoms with van der Waals surface area (Å²) in [5.74, 6) is -0.865. The molecular formula is C26H29NO10. The first-order valence-electron chi connectivity index (χ1n) is 11.7. The number of amides is 1. The zero-order valence-electron chi connectivity index (χ0n) is 20.6. The number of carboxylic acids is 1. The van der Waals surface area contributed by atoms with Gasteiger partial charge in [-0.2, -0.15) is 0 Å². The van der Waals surface area contributed by atoms with Crippen molar-refractivity contribution in [3.05, 3.63) is 59.7 Å². The predicted octanol–water partition coefficient (Wildman–Crippen LogP) is 2.09. The van der Waals surface area contributed by atoms with Crippen LogP contribution in [0.25, 0.3) is 0 Å². The van der Waals surface area contributed by atoms with Gasteiger partial charge < -0.3 is 38.8 Å². The van der Waals surface area contributed by atoms with Gasteiger partial charge in [0.25, 0.3) is 0 Å². The van der Waals surface area contributed by atoms with E-state index in [1.165, 1.54) is 21.0 Å². The summed E-state index contributed by atoms with van der Waals surface area (Å²) in [6.07, 6.45) is -4.44. The third kappa shape index (κ3) is 6.25. The van der Waals surface area contributed by atoms with E-state index in [1.54, 1.807) is 36.4 Å². The van der Waals surface area contributed by atoms with Crippen molar-refractivity contribution in [2.75, 3.05) is 20.3 Å². The Balaban J connectivity index is 1.64. The second kappa shape index (κ2) is 11.7. The summed E-state index contributed by atoms with van der Waals surface area (Å²) in [6.45, 7) is 2.18. The van der Waals surface area contributed by atoms with Crippen molar-refractivity contribution < 1.29 is 47.9 Å². The number of ether oxygens (including phenoxy) is 6. The molecule has 4 rings (SSSR count). The van der Waals surface area contributed by atoms with Gasteiger partial charge in [-0.1, -0.05) is 30.3 Å². The summed E-state index contributed by atoms with van der Waals surface area (Å²) in [4.78, 5) is 35.4. The van der Waals surface area contributed by atoms with Gasteiger partial charge >= 0.3 is 5.97 Å². The van der Waals surface area contributed by atoms with Crippen molar-refractivity contribution in [2.24, 2.45) is 0 Å². The topological polar surface area (TPSA) is 139 Å². The highest BCUT2D eigenvalue weighted by Gasteiger charge is 2.52. The molecule has 11 heteroatoms. The van der Waals surface area contributed by atoms with Crippen LogP contribution in [0, 0.1) is 0 Å². The molecule has 11 nitrogen and oxygen atoms in total. The highest BCUT2D eigenvalue weighted by atomic mass is 16.8. The minimum Gasteiger partial charge on any atom is -0.496 e. The second-order valence-electron chi connectivity index (χ2n) is 8.65. The highest BCUT2D eigenvalue weighted by molar-refractivity contribution is 5.94. The summed E-state index contributed by atoms with van der Waals surface area (Å²) in [5, 5.41) is 12.1. The molecule has 2 aliphatic heterocycles. The van der Waals surface area contributed by atoms with Crippen LogP contribution >= 0.6 is 0 Å². The van der Waals surface area contributed by atoms with Crippen molar-refractivity contribution >= 4 is 17.7 Å². The number of ketones is 1. The Bertz CT molecular complexity index is 1140. The van der Waals surface area contributed by atoms with Crippen LogP contribution in [0.3, 0.4) is 0 Å². The van der Waals surface area contributed by atoms with Crippen molar-refractivity contribution in [2.45, 2.75) is 50.8 Å². The van der Waals surface area contributed by atoms with Gasteiger partial charge in [-0.25, -0.2) is 4.79 Å². The Morgan fingerprint density at radius 3 is 2.57 bits per heavy atom. The molecule has 0 bridgehead atoms. The second-order valence-corrected chi connectivity index (χ2v) is 8.65. The van der Waals surface area contributed by atoms with Crippen LogP contribution < -0.4 is 14.8 Å². The van der Waals surface area contributed by atoms with E-state index in [4.69, 9.17) is 28.4 Å². The molecule has 0 aliphatic carbocycles. The minimum atomic E-state index is -1.19. The van der Waals surface area contributed by atoms with Gasteiger partial charge in [-0.15, -0.1) is 0 Å². The fourth-order valence-corrected chi connectivity index (χ4v) is 4.37. The Morgan fingerprint density at radius 1 is 1.08 bits per heavy atom. The number of hydrogen-bond acceptors (Lipinski definition) is 9. The average molecular weight is 516 g/mol. The Morgan fingerprint density at radius 2 is 1.86 bits per heavy atom. The van der Waals surface area contributed by atoms with Crippen LogP contribution in [0.4, 0.5) is 0 Å². The van der Waals surface area contributed by atoms with Gasteiger partial charge in [-0.05, 0) is 25.1 Å². The number of Topliss-reactive ketones (excluding diaryl/α,β-unsaturated/α-hetero) is 1. The number of benzene rings is 2. The Hall–Kier alpha value is -3.51. The average Bonchev–Trinajstić information content (AvgIpc) is 2.88. The molecular weight excluding hydrogens is 486 g/mol. The maximum absolute atomic E-state index is 12.1. The number of fused-ring (bicyclic) bond motifs is 1. The van der Waals surface area contributed by atoms with Crippen LogP contribution in [0.5, 0.6) is 11.5 Å². The molecule has 37 heavy (non-hydrogen) atoms. The Labute approximate surface area is 213 Å². The van der Waals surface area contributed by atoms with Gasteiger partial charge in [0.05, 0.1) is 13.7 Å². The quantitative estimate of drug-likeness (QED) is 0.477. The van der Waals surface area contributed by atoms with Gasteiger partial charge in [0.2, 0.25) is 12.2 Å². The van der Waals surface area contributed by atoms with E-state index in [2.05, 4.69) is 5.32 Å². The molecule has 2 saturated heterocycles. The lowest BCUT2D eigenvalue weighted by atomic mass is 9.95. The summed E-state index contributed by atoms with van der Waals surface area (Å²) in [6, 6.07) is 12.7. The van der Waals surface area contributed by atoms with E-state index in [1.807, 2.05) is 12.1 Å². The number of rotatable bonds is 9. The van der Waals surface area contributed by atoms with Crippen molar-refractivity contribution in [3.8, 4) is 11.5 Å². The molecule has 6 atom stereocenters. The number of carbonyl (C=O) groups excluding carboxylic acids is 2. The number of aliphatic carboxylic acids is 1. The van der Waals surface area contributed by atoms with E-state index < -0.39 is 55.4 Å². The smallest absolute Gasteiger partial charge is 0.329 e. The normalized spacial score (nSPS) is 27.0. The highest BCUT2D eigenvalue weighted by Crippen LogP contribution is 2.38. The van der Waals surface area contributed by atoms with Gasteiger partial charge in [0, 0.05) is 18.1 Å². The summed E-state index contributed by atoms with van der Waals surface area (Å²) >= 11 is 0. The molecule has 2 aromatic carbocycles.